The Hall–Kier alpha value is -1.74. The average molecular weight is 230 g/mol. The van der Waals surface area contributed by atoms with Crippen LogP contribution >= 0.6 is 0 Å². The first-order chi connectivity index (χ1) is 8.22. The van der Waals surface area contributed by atoms with Crippen LogP contribution in [-0.4, -0.2) is 12.0 Å². The SMILES string of the molecule is CNC(c1cccc(C)c1)c1ncccc1F. The quantitative estimate of drug-likeness (QED) is 0.877. The fourth-order valence-corrected chi connectivity index (χ4v) is 1.92. The van der Waals surface area contributed by atoms with E-state index in [0.29, 0.717) is 5.69 Å². The molecule has 1 heterocycles. The summed E-state index contributed by atoms with van der Waals surface area (Å²) in [6.07, 6.45) is 1.61. The molecule has 2 aromatic rings. The average Bonchev–Trinajstić information content (AvgIpc) is 2.33. The predicted octanol–water partition coefficient (Wildman–Crippen LogP) is 2.84. The zero-order valence-corrected chi connectivity index (χ0v) is 9.94. The van der Waals surface area contributed by atoms with Crippen LogP contribution in [0.4, 0.5) is 4.39 Å². The molecule has 1 N–H and O–H groups in total. The fraction of sp³-hybridized carbons (Fsp3) is 0.214. The van der Waals surface area contributed by atoms with Crippen molar-refractivity contribution in [3.05, 3.63) is 65.2 Å². The van der Waals surface area contributed by atoms with Crippen molar-refractivity contribution < 1.29 is 4.39 Å². The first-order valence-electron chi connectivity index (χ1n) is 5.56. The van der Waals surface area contributed by atoms with Crippen LogP contribution in [0.25, 0.3) is 0 Å². The van der Waals surface area contributed by atoms with Gasteiger partial charge in [0.1, 0.15) is 5.82 Å². The molecule has 0 bridgehead atoms. The van der Waals surface area contributed by atoms with Crippen LogP contribution < -0.4 is 5.32 Å². The standard InChI is InChI=1S/C14H15FN2/c1-10-5-3-6-11(9-10)13(16-2)14-12(15)7-4-8-17-14/h3-9,13,16H,1-2H3. The highest BCUT2D eigenvalue weighted by Crippen LogP contribution is 2.22. The van der Waals surface area contributed by atoms with Crippen LogP contribution in [0.15, 0.2) is 42.6 Å². The van der Waals surface area contributed by atoms with Crippen molar-refractivity contribution >= 4 is 0 Å². The summed E-state index contributed by atoms with van der Waals surface area (Å²) < 4.78 is 13.7. The van der Waals surface area contributed by atoms with Gasteiger partial charge in [-0.25, -0.2) is 4.39 Å². The Labute approximate surface area is 101 Å². The van der Waals surface area contributed by atoms with Gasteiger partial charge in [-0.1, -0.05) is 29.8 Å². The van der Waals surface area contributed by atoms with Crippen LogP contribution in [0.1, 0.15) is 22.9 Å². The second-order valence-corrected chi connectivity index (χ2v) is 4.01. The molecule has 0 fully saturated rings. The molecule has 1 atom stereocenters. The summed E-state index contributed by atoms with van der Waals surface area (Å²) in [6, 6.07) is 10.8. The van der Waals surface area contributed by atoms with Gasteiger partial charge in [0.25, 0.3) is 0 Å². The number of hydrogen-bond donors (Lipinski definition) is 1. The molecule has 2 nitrogen and oxygen atoms in total. The van der Waals surface area contributed by atoms with Crippen molar-refractivity contribution in [2.75, 3.05) is 7.05 Å². The molecule has 2 rings (SSSR count). The number of nitrogens with one attached hydrogen (secondary N) is 1. The Morgan fingerprint density at radius 1 is 1.24 bits per heavy atom. The molecule has 0 spiro atoms. The third-order valence-corrected chi connectivity index (χ3v) is 2.72. The van der Waals surface area contributed by atoms with Gasteiger partial charge in [0.05, 0.1) is 11.7 Å². The van der Waals surface area contributed by atoms with Gasteiger partial charge < -0.3 is 5.32 Å². The predicted molar refractivity (Wildman–Crippen MR) is 66.3 cm³/mol. The largest absolute Gasteiger partial charge is 0.308 e. The van der Waals surface area contributed by atoms with Crippen molar-refractivity contribution in [2.24, 2.45) is 0 Å². The highest BCUT2D eigenvalue weighted by molar-refractivity contribution is 5.31. The van der Waals surface area contributed by atoms with Crippen LogP contribution in [0.3, 0.4) is 0 Å². The molecule has 0 saturated carbocycles. The third kappa shape index (κ3) is 2.50. The molecule has 0 aliphatic carbocycles. The van der Waals surface area contributed by atoms with Gasteiger partial charge in [0.15, 0.2) is 0 Å². The lowest BCUT2D eigenvalue weighted by Crippen LogP contribution is -2.20. The van der Waals surface area contributed by atoms with Crippen LogP contribution in [0.2, 0.25) is 0 Å². The van der Waals surface area contributed by atoms with Crippen LogP contribution in [0.5, 0.6) is 0 Å². The second kappa shape index (κ2) is 5.06. The summed E-state index contributed by atoms with van der Waals surface area (Å²) in [5.41, 5.74) is 2.60. The Kier molecular flexibility index (Phi) is 3.49. The summed E-state index contributed by atoms with van der Waals surface area (Å²) >= 11 is 0. The molecule has 1 aromatic heterocycles. The molecule has 0 aliphatic rings. The van der Waals surface area contributed by atoms with E-state index in [1.807, 2.05) is 31.2 Å². The summed E-state index contributed by atoms with van der Waals surface area (Å²) in [5, 5.41) is 3.10. The van der Waals surface area contributed by atoms with Gasteiger partial charge in [-0.2, -0.15) is 0 Å². The smallest absolute Gasteiger partial charge is 0.146 e. The Balaban J connectivity index is 2.44. The minimum atomic E-state index is -0.284. The van der Waals surface area contributed by atoms with Crippen molar-refractivity contribution in [3.63, 3.8) is 0 Å². The fourth-order valence-electron chi connectivity index (χ4n) is 1.92. The monoisotopic (exact) mass is 230 g/mol. The highest BCUT2D eigenvalue weighted by Gasteiger charge is 2.17. The number of aryl methyl sites for hydroxylation is 1. The van der Waals surface area contributed by atoms with Crippen molar-refractivity contribution in [3.8, 4) is 0 Å². The van der Waals surface area contributed by atoms with E-state index >= 15 is 0 Å². The molecular formula is C14H15FN2. The van der Waals surface area contributed by atoms with E-state index in [4.69, 9.17) is 0 Å². The van der Waals surface area contributed by atoms with E-state index in [1.165, 1.54) is 6.07 Å². The maximum Gasteiger partial charge on any atom is 0.146 e. The molecule has 1 unspecified atom stereocenters. The molecule has 1 aromatic carbocycles. The molecule has 0 amide bonds. The molecule has 17 heavy (non-hydrogen) atoms. The summed E-state index contributed by atoms with van der Waals surface area (Å²) in [5.74, 6) is -0.284. The summed E-state index contributed by atoms with van der Waals surface area (Å²) in [6.45, 7) is 2.02. The van der Waals surface area contributed by atoms with E-state index in [2.05, 4.69) is 10.3 Å². The van der Waals surface area contributed by atoms with E-state index in [9.17, 15) is 4.39 Å². The maximum atomic E-state index is 13.7. The Morgan fingerprint density at radius 3 is 2.71 bits per heavy atom. The van der Waals surface area contributed by atoms with Crippen molar-refractivity contribution in [2.45, 2.75) is 13.0 Å². The van der Waals surface area contributed by atoms with Crippen molar-refractivity contribution in [1.29, 1.82) is 0 Å². The number of hydrogen-bond acceptors (Lipinski definition) is 2. The molecule has 0 radical (unpaired) electrons. The van der Waals surface area contributed by atoms with Gasteiger partial charge in [-0.3, -0.25) is 4.98 Å². The van der Waals surface area contributed by atoms with Gasteiger partial charge >= 0.3 is 0 Å². The zero-order chi connectivity index (χ0) is 12.3. The minimum Gasteiger partial charge on any atom is -0.308 e. The number of aromatic nitrogens is 1. The molecule has 0 aliphatic heterocycles. The minimum absolute atomic E-state index is 0.212. The zero-order valence-electron chi connectivity index (χ0n) is 9.94. The topological polar surface area (TPSA) is 24.9 Å². The number of nitrogens with zero attached hydrogens (tertiary/aromatic N) is 1. The van der Waals surface area contributed by atoms with E-state index in [1.54, 1.807) is 19.3 Å². The van der Waals surface area contributed by atoms with Gasteiger partial charge in [-0.05, 0) is 31.7 Å². The highest BCUT2D eigenvalue weighted by atomic mass is 19.1. The molecule has 88 valence electrons. The maximum absolute atomic E-state index is 13.7. The number of pyridine rings is 1. The Morgan fingerprint density at radius 2 is 2.06 bits per heavy atom. The molecule has 0 saturated heterocycles. The van der Waals surface area contributed by atoms with Gasteiger partial charge in [0, 0.05) is 6.20 Å². The summed E-state index contributed by atoms with van der Waals surface area (Å²) in [4.78, 5) is 4.12. The Bertz CT molecular complexity index is 511. The van der Waals surface area contributed by atoms with Crippen LogP contribution in [-0.2, 0) is 0 Å². The van der Waals surface area contributed by atoms with E-state index < -0.39 is 0 Å². The number of benzene rings is 1. The van der Waals surface area contributed by atoms with E-state index in [-0.39, 0.29) is 11.9 Å². The lowest BCUT2D eigenvalue weighted by molar-refractivity contribution is 0.560. The number of rotatable bonds is 3. The normalized spacial score (nSPS) is 12.4. The van der Waals surface area contributed by atoms with Gasteiger partial charge in [-0.15, -0.1) is 0 Å². The summed E-state index contributed by atoms with van der Waals surface area (Å²) in [7, 11) is 1.81. The first kappa shape index (κ1) is 11.7. The lowest BCUT2D eigenvalue weighted by atomic mass is 10.0. The van der Waals surface area contributed by atoms with Crippen LogP contribution in [0, 0.1) is 12.7 Å². The number of halogens is 1. The van der Waals surface area contributed by atoms with E-state index in [0.717, 1.165) is 11.1 Å². The molecule has 3 heteroatoms. The van der Waals surface area contributed by atoms with Crippen molar-refractivity contribution in [1.82, 2.24) is 10.3 Å². The van der Waals surface area contributed by atoms with Gasteiger partial charge in [0.2, 0.25) is 0 Å². The lowest BCUT2D eigenvalue weighted by Gasteiger charge is -2.17. The third-order valence-electron chi connectivity index (χ3n) is 2.72. The first-order valence-corrected chi connectivity index (χ1v) is 5.56. The molecular weight excluding hydrogens is 215 g/mol. The second-order valence-electron chi connectivity index (χ2n) is 4.01.